The van der Waals surface area contributed by atoms with Gasteiger partial charge in [0, 0.05) is 6.42 Å². The summed E-state index contributed by atoms with van der Waals surface area (Å²) in [7, 11) is 1.52. The highest BCUT2D eigenvalue weighted by atomic mass is 16.6. The molecule has 27 heavy (non-hydrogen) atoms. The number of benzene rings is 1. The number of rotatable bonds is 9. The molecule has 1 heterocycles. The fourth-order valence-electron chi connectivity index (χ4n) is 3.42. The Morgan fingerprint density at radius 3 is 2.85 bits per heavy atom. The van der Waals surface area contributed by atoms with Crippen LogP contribution in [0.3, 0.4) is 0 Å². The van der Waals surface area contributed by atoms with Crippen LogP contribution in [0.25, 0.3) is 0 Å². The van der Waals surface area contributed by atoms with Gasteiger partial charge >= 0.3 is 5.97 Å². The van der Waals surface area contributed by atoms with E-state index in [1.807, 2.05) is 18.2 Å². The lowest BCUT2D eigenvalue weighted by molar-refractivity contribution is -0.0188. The van der Waals surface area contributed by atoms with Gasteiger partial charge < -0.3 is 14.2 Å². The fraction of sp³-hybridized carbons (Fsp3) is 0.455. The molecule has 5 nitrogen and oxygen atoms in total. The predicted molar refractivity (Wildman–Crippen MR) is 104 cm³/mol. The number of allylic oxidation sites excluding steroid dienone is 2. The lowest BCUT2D eigenvalue weighted by atomic mass is 9.97. The SMILES string of the molecule is C=CCc1cccc(OC)c1C(=O)O[C@@H]1C[C@@H]([C@@H](C)CC=C)OC1CC#N. The predicted octanol–water partition coefficient (Wildman–Crippen LogP) is 4.23. The smallest absolute Gasteiger partial charge is 0.342 e. The summed E-state index contributed by atoms with van der Waals surface area (Å²) in [4.78, 5) is 12.9. The van der Waals surface area contributed by atoms with Crippen molar-refractivity contribution in [3.05, 3.63) is 54.6 Å². The zero-order valence-corrected chi connectivity index (χ0v) is 16.0. The summed E-state index contributed by atoms with van der Waals surface area (Å²) in [6.07, 6.45) is 4.72. The summed E-state index contributed by atoms with van der Waals surface area (Å²) in [6, 6.07) is 7.54. The Kier molecular flexibility index (Phi) is 7.63. The number of carbonyl (C=O) groups is 1. The zero-order chi connectivity index (χ0) is 19.8. The third-order valence-electron chi connectivity index (χ3n) is 4.85. The van der Waals surface area contributed by atoms with Crippen LogP contribution in [-0.4, -0.2) is 31.4 Å². The Balaban J connectivity index is 2.21. The highest BCUT2D eigenvalue weighted by Gasteiger charge is 2.40. The Morgan fingerprint density at radius 1 is 1.44 bits per heavy atom. The van der Waals surface area contributed by atoms with Crippen LogP contribution in [0.5, 0.6) is 5.75 Å². The number of nitriles is 1. The summed E-state index contributed by atoms with van der Waals surface area (Å²) >= 11 is 0. The van der Waals surface area contributed by atoms with Gasteiger partial charge in [-0.3, -0.25) is 0 Å². The van der Waals surface area contributed by atoms with Gasteiger partial charge in [-0.15, -0.1) is 13.2 Å². The third kappa shape index (κ3) is 4.99. The monoisotopic (exact) mass is 369 g/mol. The van der Waals surface area contributed by atoms with E-state index in [2.05, 4.69) is 26.2 Å². The van der Waals surface area contributed by atoms with E-state index in [9.17, 15) is 4.79 Å². The van der Waals surface area contributed by atoms with Gasteiger partial charge in [-0.05, 0) is 30.4 Å². The second-order valence-electron chi connectivity index (χ2n) is 6.74. The van der Waals surface area contributed by atoms with Gasteiger partial charge in [-0.25, -0.2) is 4.79 Å². The second kappa shape index (κ2) is 9.94. The van der Waals surface area contributed by atoms with Crippen molar-refractivity contribution in [1.82, 2.24) is 0 Å². The molecule has 0 N–H and O–H groups in total. The summed E-state index contributed by atoms with van der Waals surface area (Å²) in [5.74, 6) is 0.250. The molecule has 1 aromatic carbocycles. The van der Waals surface area contributed by atoms with Gasteiger partial charge in [-0.2, -0.15) is 5.26 Å². The number of methoxy groups -OCH3 is 1. The first-order valence-electron chi connectivity index (χ1n) is 9.16. The molecule has 144 valence electrons. The molecule has 4 atom stereocenters. The topological polar surface area (TPSA) is 68.6 Å². The molecule has 0 saturated carbocycles. The van der Waals surface area contributed by atoms with Crippen LogP contribution in [0.2, 0.25) is 0 Å². The number of hydrogen-bond acceptors (Lipinski definition) is 5. The number of ether oxygens (including phenoxy) is 3. The van der Waals surface area contributed by atoms with Crippen LogP contribution in [0, 0.1) is 17.2 Å². The molecule has 0 spiro atoms. The molecule has 1 aliphatic rings. The lowest BCUT2D eigenvalue weighted by Crippen LogP contribution is -2.27. The van der Waals surface area contributed by atoms with E-state index in [-0.39, 0.29) is 18.4 Å². The van der Waals surface area contributed by atoms with Crippen LogP contribution in [0.1, 0.15) is 42.1 Å². The van der Waals surface area contributed by atoms with Crippen molar-refractivity contribution in [2.75, 3.05) is 7.11 Å². The molecule has 0 aromatic heterocycles. The largest absolute Gasteiger partial charge is 0.496 e. The van der Waals surface area contributed by atoms with Crippen molar-refractivity contribution < 1.29 is 19.0 Å². The average Bonchev–Trinajstić information content (AvgIpc) is 3.05. The molecule has 1 saturated heterocycles. The quantitative estimate of drug-likeness (QED) is 0.481. The van der Waals surface area contributed by atoms with Crippen LogP contribution >= 0.6 is 0 Å². The van der Waals surface area contributed by atoms with Gasteiger partial charge in [-0.1, -0.05) is 31.2 Å². The Bertz CT molecular complexity index is 722. The van der Waals surface area contributed by atoms with E-state index in [4.69, 9.17) is 19.5 Å². The fourth-order valence-corrected chi connectivity index (χ4v) is 3.42. The summed E-state index contributed by atoms with van der Waals surface area (Å²) in [5.41, 5.74) is 1.19. The number of esters is 1. The molecule has 1 fully saturated rings. The van der Waals surface area contributed by atoms with Crippen LogP contribution in [0.15, 0.2) is 43.5 Å². The second-order valence-corrected chi connectivity index (χ2v) is 6.74. The molecule has 1 unspecified atom stereocenters. The van der Waals surface area contributed by atoms with E-state index in [1.165, 1.54) is 7.11 Å². The molecular weight excluding hydrogens is 342 g/mol. The Morgan fingerprint density at radius 2 is 2.22 bits per heavy atom. The summed E-state index contributed by atoms with van der Waals surface area (Å²) < 4.78 is 17.2. The molecular formula is C22H27NO4. The summed E-state index contributed by atoms with van der Waals surface area (Å²) in [5, 5.41) is 9.10. The zero-order valence-electron chi connectivity index (χ0n) is 16.0. The number of carbonyl (C=O) groups excluding carboxylic acids is 1. The average molecular weight is 369 g/mol. The van der Waals surface area contributed by atoms with E-state index in [1.54, 1.807) is 12.1 Å². The van der Waals surface area contributed by atoms with Gasteiger partial charge in [0.15, 0.2) is 0 Å². The van der Waals surface area contributed by atoms with E-state index < -0.39 is 18.2 Å². The van der Waals surface area contributed by atoms with Crippen LogP contribution in [0.4, 0.5) is 0 Å². The van der Waals surface area contributed by atoms with E-state index in [0.29, 0.717) is 24.2 Å². The lowest BCUT2D eigenvalue weighted by Gasteiger charge is -2.19. The van der Waals surface area contributed by atoms with Crippen molar-refractivity contribution in [3.63, 3.8) is 0 Å². The van der Waals surface area contributed by atoms with E-state index >= 15 is 0 Å². The maximum atomic E-state index is 12.9. The van der Waals surface area contributed by atoms with Gasteiger partial charge in [0.1, 0.15) is 23.5 Å². The van der Waals surface area contributed by atoms with Crippen LogP contribution in [-0.2, 0) is 15.9 Å². The standard InChI is InChI=1S/C22H27NO4/c1-5-8-15(3)19-14-20(17(26-19)12-13-23)27-22(24)21-16(9-6-2)10-7-11-18(21)25-4/h5-7,10-11,15,17,19-20H,1-2,8-9,12,14H2,3-4H3/t15-,17?,19-,20+/m0/s1. The van der Waals surface area contributed by atoms with Gasteiger partial charge in [0.2, 0.25) is 0 Å². The maximum absolute atomic E-state index is 12.9. The number of hydrogen-bond donors (Lipinski definition) is 0. The van der Waals surface area contributed by atoms with Crippen molar-refractivity contribution in [3.8, 4) is 11.8 Å². The van der Waals surface area contributed by atoms with Crippen molar-refractivity contribution >= 4 is 5.97 Å². The maximum Gasteiger partial charge on any atom is 0.342 e. The molecule has 0 aliphatic carbocycles. The normalized spacial score (nSPS) is 22.5. The van der Waals surface area contributed by atoms with Gasteiger partial charge in [0.25, 0.3) is 0 Å². The van der Waals surface area contributed by atoms with Crippen LogP contribution < -0.4 is 4.74 Å². The molecule has 1 aromatic rings. The highest BCUT2D eigenvalue weighted by Crippen LogP contribution is 2.33. The molecule has 0 bridgehead atoms. The van der Waals surface area contributed by atoms with E-state index in [0.717, 1.165) is 12.0 Å². The van der Waals surface area contributed by atoms with Crippen molar-refractivity contribution in [1.29, 1.82) is 5.26 Å². The highest BCUT2D eigenvalue weighted by molar-refractivity contribution is 5.94. The summed E-state index contributed by atoms with van der Waals surface area (Å²) in [6.45, 7) is 9.58. The molecule has 2 rings (SSSR count). The molecule has 0 amide bonds. The first-order chi connectivity index (χ1) is 13.0. The third-order valence-corrected chi connectivity index (χ3v) is 4.85. The van der Waals surface area contributed by atoms with Crippen molar-refractivity contribution in [2.45, 2.75) is 50.9 Å². The molecule has 5 heteroatoms. The molecule has 0 radical (unpaired) electrons. The van der Waals surface area contributed by atoms with Crippen molar-refractivity contribution in [2.24, 2.45) is 5.92 Å². The minimum Gasteiger partial charge on any atom is -0.496 e. The first kappa shape index (κ1) is 20.7. The van der Waals surface area contributed by atoms with Gasteiger partial charge in [0.05, 0.1) is 25.7 Å². The Labute approximate surface area is 161 Å². The Hall–Kier alpha value is -2.58. The minimum absolute atomic E-state index is 0.0653. The minimum atomic E-state index is -0.462. The number of nitrogens with zero attached hydrogens (tertiary/aromatic N) is 1. The first-order valence-corrected chi connectivity index (χ1v) is 9.16. The molecule has 1 aliphatic heterocycles.